The molecule has 25 heavy (non-hydrogen) atoms. The first-order valence-electron chi connectivity index (χ1n) is 9.59. The number of likely N-dealkylation sites (tertiary alicyclic amines) is 1. The van der Waals surface area contributed by atoms with E-state index in [4.69, 9.17) is 9.47 Å². The summed E-state index contributed by atoms with van der Waals surface area (Å²) in [6.45, 7) is 6.36. The zero-order valence-electron chi connectivity index (χ0n) is 14.9. The predicted octanol–water partition coefficient (Wildman–Crippen LogP) is 2.91. The predicted molar refractivity (Wildman–Crippen MR) is 96.8 cm³/mol. The van der Waals surface area contributed by atoms with Crippen molar-refractivity contribution in [2.24, 2.45) is 11.8 Å². The molecule has 0 unspecified atom stereocenters. The molecule has 1 amide bonds. The summed E-state index contributed by atoms with van der Waals surface area (Å²) in [6, 6.07) is 7.69. The summed E-state index contributed by atoms with van der Waals surface area (Å²) in [5.41, 5.74) is 0.827. The number of carbonyl (C=O) groups excluding carboxylic acids is 1. The van der Waals surface area contributed by atoms with Crippen LogP contribution in [0.4, 0.5) is 5.69 Å². The molecule has 1 N–H and O–H groups in total. The number of hydrogen-bond acceptors (Lipinski definition) is 4. The molecule has 3 heterocycles. The van der Waals surface area contributed by atoms with Crippen LogP contribution in [0.2, 0.25) is 0 Å². The Morgan fingerprint density at radius 1 is 1.28 bits per heavy atom. The lowest BCUT2D eigenvalue weighted by Gasteiger charge is -2.18. The van der Waals surface area contributed by atoms with E-state index in [0.29, 0.717) is 12.7 Å². The van der Waals surface area contributed by atoms with Crippen LogP contribution in [0.1, 0.15) is 32.6 Å². The maximum atomic E-state index is 12.4. The molecule has 0 saturated carbocycles. The molecule has 136 valence electrons. The highest BCUT2D eigenvalue weighted by molar-refractivity contribution is 5.93. The van der Waals surface area contributed by atoms with Gasteiger partial charge in [-0.1, -0.05) is 6.92 Å². The van der Waals surface area contributed by atoms with Gasteiger partial charge in [0.25, 0.3) is 0 Å². The third kappa shape index (κ3) is 3.98. The molecule has 2 bridgehead atoms. The smallest absolute Gasteiger partial charge is 0.230 e. The van der Waals surface area contributed by atoms with Crippen LogP contribution in [0, 0.1) is 11.8 Å². The monoisotopic (exact) mass is 344 g/mol. The van der Waals surface area contributed by atoms with Crippen molar-refractivity contribution >= 4 is 11.6 Å². The van der Waals surface area contributed by atoms with Gasteiger partial charge in [0.1, 0.15) is 12.4 Å². The van der Waals surface area contributed by atoms with Crippen LogP contribution in [0.25, 0.3) is 0 Å². The van der Waals surface area contributed by atoms with Gasteiger partial charge in [-0.2, -0.15) is 0 Å². The summed E-state index contributed by atoms with van der Waals surface area (Å²) >= 11 is 0. The standard InChI is InChI=1S/C20H28N2O3/c1-14-8-9-22(13-14)10-11-24-16-4-2-15(3-5-16)21-20(23)18-12-17-6-7-19(18)25-17/h2-5,14,17-19H,6-13H2,1H3,(H,21,23)/t14-,17-,18+,19-/m1/s1. The molecule has 0 spiro atoms. The second-order valence-corrected chi connectivity index (χ2v) is 7.77. The molecular weight excluding hydrogens is 316 g/mol. The number of ether oxygens (including phenoxy) is 2. The Morgan fingerprint density at radius 3 is 2.76 bits per heavy atom. The van der Waals surface area contributed by atoms with Crippen LogP contribution in [-0.2, 0) is 9.53 Å². The van der Waals surface area contributed by atoms with E-state index in [1.807, 2.05) is 24.3 Å². The van der Waals surface area contributed by atoms with Gasteiger partial charge in [-0.25, -0.2) is 0 Å². The zero-order valence-corrected chi connectivity index (χ0v) is 14.9. The second-order valence-electron chi connectivity index (χ2n) is 7.77. The largest absolute Gasteiger partial charge is 0.492 e. The van der Waals surface area contributed by atoms with Crippen molar-refractivity contribution in [2.45, 2.75) is 44.8 Å². The van der Waals surface area contributed by atoms with Crippen molar-refractivity contribution < 1.29 is 14.3 Å². The third-order valence-corrected chi connectivity index (χ3v) is 5.75. The number of nitrogens with one attached hydrogen (secondary N) is 1. The second kappa shape index (κ2) is 7.34. The topological polar surface area (TPSA) is 50.8 Å². The van der Waals surface area contributed by atoms with Crippen LogP contribution < -0.4 is 10.1 Å². The zero-order chi connectivity index (χ0) is 17.2. The number of carbonyl (C=O) groups is 1. The molecule has 4 rings (SSSR count). The Labute approximate surface area is 149 Å². The number of amides is 1. The molecule has 1 aromatic carbocycles. The fraction of sp³-hybridized carbons (Fsp3) is 0.650. The number of rotatable bonds is 6. The average molecular weight is 344 g/mol. The van der Waals surface area contributed by atoms with Crippen LogP contribution in [0.3, 0.4) is 0 Å². The van der Waals surface area contributed by atoms with Gasteiger partial charge in [-0.15, -0.1) is 0 Å². The number of fused-ring (bicyclic) bond motifs is 2. The van der Waals surface area contributed by atoms with Gasteiger partial charge in [0.05, 0.1) is 18.1 Å². The highest BCUT2D eigenvalue weighted by Gasteiger charge is 2.44. The van der Waals surface area contributed by atoms with Crippen molar-refractivity contribution in [1.82, 2.24) is 4.90 Å². The quantitative estimate of drug-likeness (QED) is 0.862. The van der Waals surface area contributed by atoms with E-state index in [2.05, 4.69) is 17.1 Å². The molecule has 3 aliphatic rings. The summed E-state index contributed by atoms with van der Waals surface area (Å²) in [6.07, 6.45) is 4.72. The number of benzene rings is 1. The van der Waals surface area contributed by atoms with Crippen molar-refractivity contribution in [3.05, 3.63) is 24.3 Å². The molecule has 3 aliphatic heterocycles. The highest BCUT2D eigenvalue weighted by Crippen LogP contribution is 2.39. The van der Waals surface area contributed by atoms with E-state index in [1.54, 1.807) is 0 Å². The first kappa shape index (κ1) is 16.9. The first-order valence-corrected chi connectivity index (χ1v) is 9.59. The minimum Gasteiger partial charge on any atom is -0.492 e. The lowest BCUT2D eigenvalue weighted by molar-refractivity contribution is -0.121. The van der Waals surface area contributed by atoms with E-state index in [1.165, 1.54) is 19.5 Å². The third-order valence-electron chi connectivity index (χ3n) is 5.75. The van der Waals surface area contributed by atoms with E-state index in [0.717, 1.165) is 43.2 Å². The van der Waals surface area contributed by atoms with Gasteiger partial charge < -0.3 is 14.8 Å². The molecule has 0 aromatic heterocycles. The van der Waals surface area contributed by atoms with Crippen LogP contribution >= 0.6 is 0 Å². The van der Waals surface area contributed by atoms with Crippen LogP contribution in [-0.4, -0.2) is 49.3 Å². The number of nitrogens with zero attached hydrogens (tertiary/aromatic N) is 1. The van der Waals surface area contributed by atoms with Crippen molar-refractivity contribution in [3.8, 4) is 5.75 Å². The lowest BCUT2D eigenvalue weighted by atomic mass is 9.88. The van der Waals surface area contributed by atoms with Gasteiger partial charge in [-0.05, 0) is 62.4 Å². The number of anilines is 1. The normalized spacial score (nSPS) is 31.4. The molecule has 0 aliphatic carbocycles. The highest BCUT2D eigenvalue weighted by atomic mass is 16.5. The molecule has 5 nitrogen and oxygen atoms in total. The van der Waals surface area contributed by atoms with Gasteiger partial charge in [0.2, 0.25) is 5.91 Å². The summed E-state index contributed by atoms with van der Waals surface area (Å²) in [5.74, 6) is 1.76. The summed E-state index contributed by atoms with van der Waals surface area (Å²) in [5, 5.41) is 3.02. The Balaban J connectivity index is 1.22. The molecule has 4 atom stereocenters. The Bertz CT molecular complexity index is 603. The molecular formula is C20H28N2O3. The van der Waals surface area contributed by atoms with Crippen LogP contribution in [0.5, 0.6) is 5.75 Å². The van der Waals surface area contributed by atoms with Crippen molar-refractivity contribution in [3.63, 3.8) is 0 Å². The van der Waals surface area contributed by atoms with Crippen molar-refractivity contribution in [2.75, 3.05) is 31.6 Å². The Hall–Kier alpha value is -1.59. The van der Waals surface area contributed by atoms with E-state index >= 15 is 0 Å². The fourth-order valence-electron chi connectivity index (χ4n) is 4.31. The molecule has 3 saturated heterocycles. The lowest BCUT2D eigenvalue weighted by Crippen LogP contribution is -2.30. The van der Waals surface area contributed by atoms with Gasteiger partial charge in [-0.3, -0.25) is 9.69 Å². The van der Waals surface area contributed by atoms with Gasteiger partial charge in [0, 0.05) is 18.8 Å². The van der Waals surface area contributed by atoms with E-state index in [9.17, 15) is 4.79 Å². The number of hydrogen-bond donors (Lipinski definition) is 1. The molecule has 1 aromatic rings. The van der Waals surface area contributed by atoms with Crippen LogP contribution in [0.15, 0.2) is 24.3 Å². The molecule has 5 heteroatoms. The summed E-state index contributed by atoms with van der Waals surface area (Å²) < 4.78 is 11.6. The molecule has 0 radical (unpaired) electrons. The van der Waals surface area contributed by atoms with Crippen molar-refractivity contribution in [1.29, 1.82) is 0 Å². The summed E-state index contributed by atoms with van der Waals surface area (Å²) in [7, 11) is 0. The minimum atomic E-state index is 0.0116. The minimum absolute atomic E-state index is 0.0116. The van der Waals surface area contributed by atoms with Gasteiger partial charge in [0.15, 0.2) is 0 Å². The molecule has 3 fully saturated rings. The van der Waals surface area contributed by atoms with E-state index in [-0.39, 0.29) is 17.9 Å². The SMILES string of the molecule is C[C@@H]1CCN(CCOc2ccc(NC(=O)[C@H]3C[C@H]4CC[C@H]3O4)cc2)C1. The average Bonchev–Trinajstić information content (AvgIpc) is 3.33. The maximum Gasteiger partial charge on any atom is 0.230 e. The summed E-state index contributed by atoms with van der Waals surface area (Å²) in [4.78, 5) is 14.9. The Kier molecular flexibility index (Phi) is 4.95. The Morgan fingerprint density at radius 2 is 2.12 bits per heavy atom. The van der Waals surface area contributed by atoms with E-state index < -0.39 is 0 Å². The van der Waals surface area contributed by atoms with Gasteiger partial charge >= 0.3 is 0 Å². The fourth-order valence-corrected chi connectivity index (χ4v) is 4.31. The maximum absolute atomic E-state index is 12.4. The first-order chi connectivity index (χ1) is 12.2.